The van der Waals surface area contributed by atoms with Crippen LogP contribution in [0, 0.1) is 11.8 Å². The van der Waals surface area contributed by atoms with Gasteiger partial charge in [-0.1, -0.05) is 27.7 Å². The lowest BCUT2D eigenvalue weighted by Crippen LogP contribution is -2.28. The normalized spacial score (nSPS) is 16.4. The summed E-state index contributed by atoms with van der Waals surface area (Å²) in [6.45, 7) is 5.27. The number of anilines is 1. The van der Waals surface area contributed by atoms with Crippen molar-refractivity contribution in [3.63, 3.8) is 0 Å². The Kier molecular flexibility index (Phi) is 5.08. The first-order valence-corrected chi connectivity index (χ1v) is 6.75. The van der Waals surface area contributed by atoms with Crippen molar-refractivity contribution >= 4 is 5.69 Å². The molecule has 22 heavy (non-hydrogen) atoms. The number of halogens is 6. The maximum Gasteiger partial charge on any atom is 0.397 e. The molecule has 0 aliphatic heterocycles. The van der Waals surface area contributed by atoms with E-state index < -0.39 is 53.1 Å². The van der Waals surface area contributed by atoms with Crippen LogP contribution in [0.2, 0.25) is 0 Å². The van der Waals surface area contributed by atoms with Crippen molar-refractivity contribution in [1.29, 1.82) is 0 Å². The van der Waals surface area contributed by atoms with E-state index in [1.165, 1.54) is 27.7 Å². The third-order valence-corrected chi connectivity index (χ3v) is 3.51. The van der Waals surface area contributed by atoms with Crippen LogP contribution in [0.5, 0.6) is 0 Å². The average molecular weight is 331 g/mol. The van der Waals surface area contributed by atoms with Crippen molar-refractivity contribution in [3.05, 3.63) is 11.4 Å². The van der Waals surface area contributed by atoms with Crippen molar-refractivity contribution in [1.82, 2.24) is 10.2 Å². The Morgan fingerprint density at radius 3 is 1.59 bits per heavy atom. The summed E-state index contributed by atoms with van der Waals surface area (Å²) in [6.07, 6.45) is -9.27. The first-order chi connectivity index (χ1) is 9.78. The lowest BCUT2D eigenvalue weighted by atomic mass is 9.87. The molecule has 9 heteroatoms. The van der Waals surface area contributed by atoms with Crippen LogP contribution < -0.4 is 5.73 Å². The zero-order valence-corrected chi connectivity index (χ0v) is 12.6. The Balaban J connectivity index is 3.39. The van der Waals surface area contributed by atoms with Gasteiger partial charge in [0.25, 0.3) is 0 Å². The molecule has 0 aliphatic carbocycles. The van der Waals surface area contributed by atoms with E-state index in [9.17, 15) is 26.3 Å². The van der Waals surface area contributed by atoms with Crippen LogP contribution in [0.3, 0.4) is 0 Å². The van der Waals surface area contributed by atoms with E-state index in [4.69, 9.17) is 5.73 Å². The third-order valence-electron chi connectivity index (χ3n) is 3.51. The smallest absolute Gasteiger partial charge is 0.396 e. The van der Waals surface area contributed by atoms with E-state index in [-0.39, 0.29) is 0 Å². The number of H-pyrrole nitrogens is 1. The number of nitrogens with zero attached hydrogens (tertiary/aromatic N) is 1. The van der Waals surface area contributed by atoms with Crippen molar-refractivity contribution in [3.8, 4) is 0 Å². The predicted octanol–water partition coefficient (Wildman–Crippen LogP) is 4.60. The summed E-state index contributed by atoms with van der Waals surface area (Å²) in [5.41, 5.74) is 3.93. The van der Waals surface area contributed by atoms with Crippen molar-refractivity contribution in [2.24, 2.45) is 11.8 Å². The zero-order chi connectivity index (χ0) is 17.5. The van der Waals surface area contributed by atoms with E-state index in [1.807, 2.05) is 0 Å². The molecule has 1 aromatic heterocycles. The Morgan fingerprint density at radius 2 is 1.27 bits per heavy atom. The van der Waals surface area contributed by atoms with E-state index in [0.717, 1.165) is 0 Å². The molecule has 0 saturated carbocycles. The van der Waals surface area contributed by atoms with Crippen LogP contribution in [-0.4, -0.2) is 22.5 Å². The van der Waals surface area contributed by atoms with E-state index >= 15 is 0 Å². The molecule has 3 N–H and O–H groups in total. The highest BCUT2D eigenvalue weighted by Gasteiger charge is 2.49. The number of hydrogen-bond acceptors (Lipinski definition) is 2. The third kappa shape index (κ3) is 3.67. The molecule has 0 amide bonds. The minimum Gasteiger partial charge on any atom is -0.396 e. The molecular weight excluding hydrogens is 312 g/mol. The molecule has 0 aliphatic rings. The molecule has 1 aromatic rings. The largest absolute Gasteiger partial charge is 0.397 e. The monoisotopic (exact) mass is 331 g/mol. The summed E-state index contributed by atoms with van der Waals surface area (Å²) < 4.78 is 78.7. The Morgan fingerprint density at radius 1 is 0.864 bits per heavy atom. The number of aromatic amines is 1. The molecule has 1 heterocycles. The molecule has 0 spiro atoms. The van der Waals surface area contributed by atoms with Gasteiger partial charge in [0, 0.05) is 0 Å². The number of aromatic nitrogens is 2. The van der Waals surface area contributed by atoms with E-state index in [1.54, 1.807) is 0 Å². The fraction of sp³-hybridized carbons (Fsp3) is 0.769. The highest BCUT2D eigenvalue weighted by atomic mass is 19.4. The van der Waals surface area contributed by atoms with E-state index in [2.05, 4.69) is 10.2 Å². The van der Waals surface area contributed by atoms with Crippen molar-refractivity contribution < 1.29 is 26.3 Å². The SMILES string of the molecule is CC(C)C(c1n[nH]c(C(C(C)C)C(F)(F)F)c1N)C(F)(F)F. The highest BCUT2D eigenvalue weighted by molar-refractivity contribution is 5.52. The van der Waals surface area contributed by atoms with Crippen molar-refractivity contribution in [2.75, 3.05) is 5.73 Å². The van der Waals surface area contributed by atoms with Gasteiger partial charge in [-0.05, 0) is 11.8 Å². The predicted molar refractivity (Wildman–Crippen MR) is 70.3 cm³/mol. The lowest BCUT2D eigenvalue weighted by molar-refractivity contribution is -0.160. The molecule has 0 saturated heterocycles. The van der Waals surface area contributed by atoms with Gasteiger partial charge in [0.1, 0.15) is 11.8 Å². The van der Waals surface area contributed by atoms with Gasteiger partial charge in [0.05, 0.1) is 17.1 Å². The number of nitrogen functional groups attached to an aromatic ring is 1. The second-order valence-electron chi connectivity index (χ2n) is 5.96. The number of alkyl halides is 6. The molecule has 0 bridgehead atoms. The molecule has 0 aromatic carbocycles. The van der Waals surface area contributed by atoms with Crippen LogP contribution in [0.25, 0.3) is 0 Å². The number of rotatable bonds is 4. The van der Waals surface area contributed by atoms with Crippen LogP contribution >= 0.6 is 0 Å². The maximum atomic E-state index is 13.1. The zero-order valence-electron chi connectivity index (χ0n) is 12.6. The van der Waals surface area contributed by atoms with Gasteiger partial charge in [0.15, 0.2) is 0 Å². The van der Waals surface area contributed by atoms with E-state index in [0.29, 0.717) is 0 Å². The van der Waals surface area contributed by atoms with Gasteiger partial charge in [0.2, 0.25) is 0 Å². The van der Waals surface area contributed by atoms with Gasteiger partial charge in [-0.2, -0.15) is 31.4 Å². The Labute approximate surface area is 124 Å². The summed E-state index contributed by atoms with van der Waals surface area (Å²) in [5, 5.41) is 5.53. The molecular formula is C13H19F6N3. The van der Waals surface area contributed by atoms with Crippen LogP contribution in [-0.2, 0) is 0 Å². The lowest BCUT2D eigenvalue weighted by Gasteiger charge is -2.24. The molecule has 2 atom stereocenters. The first kappa shape index (κ1) is 18.6. The Hall–Kier alpha value is -1.41. The summed E-state index contributed by atoms with van der Waals surface area (Å²) in [7, 11) is 0. The topological polar surface area (TPSA) is 54.7 Å². The molecule has 2 unspecified atom stereocenters. The van der Waals surface area contributed by atoms with Crippen LogP contribution in [0.15, 0.2) is 0 Å². The fourth-order valence-electron chi connectivity index (χ4n) is 2.58. The summed E-state index contributed by atoms with van der Waals surface area (Å²) >= 11 is 0. The van der Waals surface area contributed by atoms with Gasteiger partial charge in [-0.15, -0.1) is 0 Å². The van der Waals surface area contributed by atoms with Gasteiger partial charge >= 0.3 is 12.4 Å². The average Bonchev–Trinajstić information content (AvgIpc) is 2.57. The molecule has 0 fully saturated rings. The molecule has 0 radical (unpaired) electrons. The minimum absolute atomic E-state index is 0.507. The van der Waals surface area contributed by atoms with Crippen molar-refractivity contribution in [2.45, 2.75) is 51.9 Å². The summed E-state index contributed by atoms with van der Waals surface area (Å²) in [4.78, 5) is 0. The number of nitrogens with two attached hydrogens (primary N) is 1. The number of nitrogens with one attached hydrogen (secondary N) is 1. The summed E-state index contributed by atoms with van der Waals surface area (Å²) in [6, 6.07) is 0. The molecule has 1 rings (SSSR count). The molecule has 3 nitrogen and oxygen atoms in total. The second-order valence-corrected chi connectivity index (χ2v) is 5.96. The van der Waals surface area contributed by atoms with Gasteiger partial charge in [-0.3, -0.25) is 5.10 Å². The maximum absolute atomic E-state index is 13.1. The van der Waals surface area contributed by atoms with Gasteiger partial charge in [-0.25, -0.2) is 0 Å². The first-order valence-electron chi connectivity index (χ1n) is 6.75. The number of hydrogen-bond donors (Lipinski definition) is 2. The Bertz CT molecular complexity index is 457. The van der Waals surface area contributed by atoms with Crippen LogP contribution in [0.4, 0.5) is 32.0 Å². The minimum atomic E-state index is -4.64. The quantitative estimate of drug-likeness (QED) is 0.793. The summed E-state index contributed by atoms with van der Waals surface area (Å²) in [5.74, 6) is -5.80. The standard InChI is InChI=1S/C13H19F6N3/c1-5(2)7(12(14,15)16)10-9(20)11(22-21-10)8(6(3)4)13(17,18)19/h5-8H,20H2,1-4H3,(H,21,22). The molecule has 128 valence electrons. The van der Waals surface area contributed by atoms with Gasteiger partial charge < -0.3 is 5.73 Å². The van der Waals surface area contributed by atoms with Crippen LogP contribution in [0.1, 0.15) is 50.9 Å². The fourth-order valence-corrected chi connectivity index (χ4v) is 2.58. The second kappa shape index (κ2) is 6.00. The highest BCUT2D eigenvalue weighted by Crippen LogP contribution is 2.46.